The molecule has 1 aliphatic heterocycles. The van der Waals surface area contributed by atoms with Crippen molar-refractivity contribution in [2.45, 2.75) is 17.6 Å². The van der Waals surface area contributed by atoms with Crippen LogP contribution in [-0.2, 0) is 25.1 Å². The van der Waals surface area contributed by atoms with Crippen molar-refractivity contribution in [2.75, 3.05) is 12.4 Å². The standard InChI is InChI=1S/C17H14ClNO6S/c1-9-3-10(17(21)24-2)5-14-15(9)25-16-11(7-26(14,22)23)4-12(19-8-20)6-13(16)18/h3-6,8H,7H2,1-2H3,(H,19,20). The lowest BCUT2D eigenvalue weighted by atomic mass is 10.1. The summed E-state index contributed by atoms with van der Waals surface area (Å²) in [4.78, 5) is 22.4. The number of hydrogen-bond acceptors (Lipinski definition) is 6. The highest BCUT2D eigenvalue weighted by Gasteiger charge is 2.31. The summed E-state index contributed by atoms with van der Waals surface area (Å²) in [5.74, 6) is -0.745. The highest BCUT2D eigenvalue weighted by Crippen LogP contribution is 2.44. The number of carbonyl (C=O) groups excluding carboxylic acids is 2. The fourth-order valence-electron chi connectivity index (χ4n) is 2.75. The van der Waals surface area contributed by atoms with E-state index in [2.05, 4.69) is 10.1 Å². The van der Waals surface area contributed by atoms with E-state index in [-0.39, 0.29) is 27.0 Å². The molecule has 136 valence electrons. The van der Waals surface area contributed by atoms with E-state index in [1.54, 1.807) is 6.92 Å². The van der Waals surface area contributed by atoms with Crippen LogP contribution in [0.1, 0.15) is 21.5 Å². The Bertz CT molecular complexity index is 1030. The van der Waals surface area contributed by atoms with Crippen LogP contribution in [0, 0.1) is 6.92 Å². The molecule has 1 N–H and O–H groups in total. The van der Waals surface area contributed by atoms with Crippen LogP contribution in [0.5, 0.6) is 11.5 Å². The average Bonchev–Trinajstić information content (AvgIpc) is 2.68. The third-order valence-corrected chi connectivity index (χ3v) is 5.84. The molecule has 2 aromatic carbocycles. The van der Waals surface area contributed by atoms with Gasteiger partial charge in [0.15, 0.2) is 9.84 Å². The van der Waals surface area contributed by atoms with Crippen LogP contribution < -0.4 is 10.1 Å². The molecule has 3 rings (SSSR count). The molecule has 2 aromatic rings. The number of anilines is 1. The second-order valence-corrected chi connectivity index (χ2v) is 8.05. The second-order valence-electron chi connectivity index (χ2n) is 5.68. The van der Waals surface area contributed by atoms with Crippen LogP contribution in [-0.4, -0.2) is 27.9 Å². The Morgan fingerprint density at radius 3 is 2.65 bits per heavy atom. The minimum Gasteiger partial charge on any atom is -0.465 e. The highest BCUT2D eigenvalue weighted by atomic mass is 35.5. The summed E-state index contributed by atoms with van der Waals surface area (Å²) in [6.07, 6.45) is 0.464. The van der Waals surface area contributed by atoms with Crippen molar-refractivity contribution >= 4 is 39.5 Å². The molecule has 0 unspecified atom stereocenters. The van der Waals surface area contributed by atoms with Crippen molar-refractivity contribution in [3.63, 3.8) is 0 Å². The van der Waals surface area contributed by atoms with Crippen LogP contribution in [0.3, 0.4) is 0 Å². The van der Waals surface area contributed by atoms with Gasteiger partial charge in [-0.3, -0.25) is 4.79 Å². The topological polar surface area (TPSA) is 98.8 Å². The van der Waals surface area contributed by atoms with Gasteiger partial charge in [-0.05, 0) is 36.8 Å². The zero-order valence-electron chi connectivity index (χ0n) is 13.8. The number of carbonyl (C=O) groups is 2. The molecule has 0 saturated carbocycles. The number of amides is 1. The Hall–Kier alpha value is -2.58. The molecule has 1 amide bonds. The van der Waals surface area contributed by atoms with Crippen LogP contribution in [0.25, 0.3) is 0 Å². The Kier molecular flexibility index (Phi) is 4.64. The molecule has 0 bridgehead atoms. The quantitative estimate of drug-likeness (QED) is 0.633. The maximum Gasteiger partial charge on any atom is 0.337 e. The van der Waals surface area contributed by atoms with Crippen LogP contribution >= 0.6 is 11.6 Å². The molecule has 0 radical (unpaired) electrons. The van der Waals surface area contributed by atoms with E-state index in [0.717, 1.165) is 0 Å². The number of methoxy groups -OCH3 is 1. The average molecular weight is 396 g/mol. The van der Waals surface area contributed by atoms with Gasteiger partial charge in [-0.25, -0.2) is 13.2 Å². The number of nitrogens with one attached hydrogen (secondary N) is 1. The molecule has 0 saturated heterocycles. The van der Waals surface area contributed by atoms with E-state index >= 15 is 0 Å². The summed E-state index contributed by atoms with van der Waals surface area (Å²) in [6, 6.07) is 5.66. The Morgan fingerprint density at radius 1 is 1.27 bits per heavy atom. The van der Waals surface area contributed by atoms with E-state index in [1.807, 2.05) is 0 Å². The minimum absolute atomic E-state index is 0.106. The number of fused-ring (bicyclic) bond motifs is 2. The van der Waals surface area contributed by atoms with Crippen molar-refractivity contribution in [1.29, 1.82) is 0 Å². The van der Waals surface area contributed by atoms with Crippen molar-refractivity contribution in [3.05, 3.63) is 46.0 Å². The van der Waals surface area contributed by atoms with Crippen LogP contribution in [0.2, 0.25) is 5.02 Å². The number of ether oxygens (including phenoxy) is 2. The lowest BCUT2D eigenvalue weighted by Gasteiger charge is -2.14. The lowest BCUT2D eigenvalue weighted by molar-refractivity contribution is -0.105. The summed E-state index contributed by atoms with van der Waals surface area (Å²) in [7, 11) is -2.62. The number of halogens is 1. The molecular formula is C17H14ClNO6S. The molecule has 26 heavy (non-hydrogen) atoms. The van der Waals surface area contributed by atoms with Gasteiger partial charge in [0.2, 0.25) is 6.41 Å². The molecular weight excluding hydrogens is 382 g/mol. The number of rotatable bonds is 3. The third-order valence-electron chi connectivity index (χ3n) is 3.89. The van der Waals surface area contributed by atoms with E-state index in [4.69, 9.17) is 16.3 Å². The Labute approximate surface area is 154 Å². The molecule has 9 heteroatoms. The van der Waals surface area contributed by atoms with Crippen molar-refractivity contribution in [3.8, 4) is 11.5 Å². The Balaban J connectivity index is 2.23. The first-order chi connectivity index (χ1) is 12.3. The molecule has 0 spiro atoms. The van der Waals surface area contributed by atoms with Gasteiger partial charge in [-0.2, -0.15) is 0 Å². The van der Waals surface area contributed by atoms with Gasteiger partial charge in [0.05, 0.1) is 23.4 Å². The van der Waals surface area contributed by atoms with Gasteiger partial charge in [0.25, 0.3) is 0 Å². The Morgan fingerprint density at radius 2 is 2.00 bits per heavy atom. The highest BCUT2D eigenvalue weighted by molar-refractivity contribution is 7.90. The molecule has 0 aliphatic carbocycles. The number of sulfone groups is 1. The first-order valence-electron chi connectivity index (χ1n) is 7.43. The molecule has 0 aromatic heterocycles. The van der Waals surface area contributed by atoms with E-state index < -0.39 is 21.6 Å². The SMILES string of the molecule is COC(=O)c1cc(C)c2c(c1)S(=O)(=O)Cc1cc(NC=O)cc(Cl)c1O2. The molecule has 0 fully saturated rings. The summed E-state index contributed by atoms with van der Waals surface area (Å²) in [6.45, 7) is 1.63. The van der Waals surface area contributed by atoms with Gasteiger partial charge in [0, 0.05) is 11.3 Å². The molecule has 1 aliphatic rings. The normalized spacial score (nSPS) is 14.3. The summed E-state index contributed by atoms with van der Waals surface area (Å²) in [5, 5.41) is 2.59. The van der Waals surface area contributed by atoms with Gasteiger partial charge in [-0.15, -0.1) is 0 Å². The fourth-order valence-corrected chi connectivity index (χ4v) is 4.60. The third kappa shape index (κ3) is 3.13. The minimum atomic E-state index is -3.83. The number of hydrogen-bond donors (Lipinski definition) is 1. The summed E-state index contributed by atoms with van der Waals surface area (Å²) < 4.78 is 36.3. The molecule has 7 nitrogen and oxygen atoms in total. The summed E-state index contributed by atoms with van der Waals surface area (Å²) in [5.41, 5.74) is 1.21. The number of aryl methyl sites for hydroxylation is 1. The maximum atomic E-state index is 12.9. The van der Waals surface area contributed by atoms with Crippen LogP contribution in [0.15, 0.2) is 29.2 Å². The van der Waals surface area contributed by atoms with Gasteiger partial charge < -0.3 is 14.8 Å². The second kappa shape index (κ2) is 6.62. The smallest absolute Gasteiger partial charge is 0.337 e. The monoisotopic (exact) mass is 395 g/mol. The zero-order chi connectivity index (χ0) is 19.1. The predicted octanol–water partition coefficient (Wildman–Crippen LogP) is 3.08. The first kappa shape index (κ1) is 18.2. The van der Waals surface area contributed by atoms with E-state index in [9.17, 15) is 18.0 Å². The van der Waals surface area contributed by atoms with E-state index in [1.165, 1.54) is 31.4 Å². The maximum absolute atomic E-state index is 12.9. The van der Waals surface area contributed by atoms with Gasteiger partial charge in [-0.1, -0.05) is 11.6 Å². The summed E-state index contributed by atoms with van der Waals surface area (Å²) >= 11 is 6.22. The zero-order valence-corrected chi connectivity index (χ0v) is 15.4. The molecule has 0 atom stereocenters. The van der Waals surface area contributed by atoms with E-state index in [0.29, 0.717) is 23.2 Å². The lowest BCUT2D eigenvalue weighted by Crippen LogP contribution is -2.08. The fraction of sp³-hybridized carbons (Fsp3) is 0.176. The number of benzene rings is 2. The number of esters is 1. The van der Waals surface area contributed by atoms with Crippen molar-refractivity contribution < 1.29 is 27.5 Å². The molecule has 1 heterocycles. The first-order valence-corrected chi connectivity index (χ1v) is 9.46. The van der Waals surface area contributed by atoms with Gasteiger partial charge in [0.1, 0.15) is 16.4 Å². The predicted molar refractivity (Wildman–Crippen MR) is 94.6 cm³/mol. The largest absolute Gasteiger partial charge is 0.465 e. The van der Waals surface area contributed by atoms with Crippen LogP contribution in [0.4, 0.5) is 5.69 Å². The van der Waals surface area contributed by atoms with Crippen molar-refractivity contribution in [1.82, 2.24) is 0 Å². The van der Waals surface area contributed by atoms with Gasteiger partial charge >= 0.3 is 5.97 Å². The van der Waals surface area contributed by atoms with Crippen molar-refractivity contribution in [2.24, 2.45) is 0 Å².